The molecule has 1 unspecified atom stereocenters. The summed E-state index contributed by atoms with van der Waals surface area (Å²) in [5.41, 5.74) is 1.61. The second-order valence-electron chi connectivity index (χ2n) is 9.29. The fourth-order valence-electron chi connectivity index (χ4n) is 4.54. The first-order valence-electron chi connectivity index (χ1n) is 12.8. The van der Waals surface area contributed by atoms with Crippen LogP contribution in [0.25, 0.3) is 0 Å². The molecule has 1 aliphatic rings. The summed E-state index contributed by atoms with van der Waals surface area (Å²) < 4.78 is 33.5. The quantitative estimate of drug-likeness (QED) is 0.422. The molecule has 200 valence electrons. The molecule has 1 aliphatic heterocycles. The third kappa shape index (κ3) is 6.23. The maximum absolute atomic E-state index is 13.4. The molecule has 0 bridgehead atoms. The number of nitrogens with one attached hydrogen (secondary N) is 2. The van der Waals surface area contributed by atoms with Crippen LogP contribution < -0.4 is 15.4 Å². The Morgan fingerprint density at radius 2 is 1.50 bits per heavy atom. The average Bonchev–Trinajstić information content (AvgIpc) is 3.24. The molecule has 0 spiro atoms. The van der Waals surface area contributed by atoms with Gasteiger partial charge in [-0.1, -0.05) is 55.3 Å². The van der Waals surface area contributed by atoms with Gasteiger partial charge in [-0.05, 0) is 55.7 Å². The summed E-state index contributed by atoms with van der Waals surface area (Å²) in [4.78, 5) is 26.5. The van der Waals surface area contributed by atoms with Crippen molar-refractivity contribution in [3.63, 3.8) is 0 Å². The Morgan fingerprint density at radius 1 is 0.842 bits per heavy atom. The van der Waals surface area contributed by atoms with E-state index < -0.39 is 15.9 Å². The number of methoxy groups -OCH3 is 1. The van der Waals surface area contributed by atoms with Gasteiger partial charge in [-0.25, -0.2) is 8.42 Å². The molecular weight excluding hydrogens is 502 g/mol. The molecule has 3 aromatic rings. The molecule has 9 heteroatoms. The number of hydrogen-bond acceptors (Lipinski definition) is 5. The molecule has 4 rings (SSSR count). The highest BCUT2D eigenvalue weighted by molar-refractivity contribution is 7.89. The van der Waals surface area contributed by atoms with Crippen LogP contribution in [0.4, 0.5) is 5.69 Å². The topological polar surface area (TPSA) is 105 Å². The average molecular weight is 536 g/mol. The monoisotopic (exact) mass is 535 g/mol. The standard InChI is InChI=1S/C29H33N3O5S/c1-21(22-12-6-5-7-13-22)30-28(33)24-14-8-9-15-26(24)31-29(34)25-20-23(16-17-27(25)37-2)38(35,36)32-18-10-3-4-11-19-32/h5-9,12-17,20-21H,3-4,10-11,18-19H2,1-2H3,(H,30,33)(H,31,34). The van der Waals surface area contributed by atoms with Crippen molar-refractivity contribution in [2.75, 3.05) is 25.5 Å². The Hall–Kier alpha value is -3.69. The SMILES string of the molecule is COc1ccc(S(=O)(=O)N2CCCCCC2)cc1C(=O)Nc1ccccc1C(=O)NC(C)c1ccccc1. The number of hydrogen-bond donors (Lipinski definition) is 2. The number of amides is 2. The number of benzene rings is 3. The first kappa shape index (κ1) is 27.3. The van der Waals surface area contributed by atoms with Gasteiger partial charge in [-0.3, -0.25) is 9.59 Å². The number of sulfonamides is 1. The lowest BCUT2D eigenvalue weighted by atomic mass is 10.1. The third-order valence-electron chi connectivity index (χ3n) is 6.69. The number of carbonyl (C=O) groups is 2. The molecule has 0 aromatic heterocycles. The van der Waals surface area contributed by atoms with Crippen molar-refractivity contribution in [3.05, 3.63) is 89.5 Å². The predicted octanol–water partition coefficient (Wildman–Crippen LogP) is 5.00. The molecular formula is C29H33N3O5S. The predicted molar refractivity (Wildman–Crippen MR) is 147 cm³/mol. The van der Waals surface area contributed by atoms with Crippen LogP contribution >= 0.6 is 0 Å². The number of ether oxygens (including phenoxy) is 1. The van der Waals surface area contributed by atoms with E-state index in [1.807, 2.05) is 37.3 Å². The van der Waals surface area contributed by atoms with Gasteiger partial charge in [0.2, 0.25) is 10.0 Å². The maximum Gasteiger partial charge on any atom is 0.259 e. The van der Waals surface area contributed by atoms with Crippen LogP contribution in [0.3, 0.4) is 0 Å². The Morgan fingerprint density at radius 3 is 2.18 bits per heavy atom. The zero-order valence-electron chi connectivity index (χ0n) is 21.6. The van der Waals surface area contributed by atoms with E-state index in [9.17, 15) is 18.0 Å². The number of para-hydroxylation sites is 1. The number of anilines is 1. The molecule has 2 amide bonds. The molecule has 0 saturated carbocycles. The molecule has 38 heavy (non-hydrogen) atoms. The fraction of sp³-hybridized carbons (Fsp3) is 0.310. The maximum atomic E-state index is 13.4. The molecule has 8 nitrogen and oxygen atoms in total. The first-order chi connectivity index (χ1) is 18.3. The summed E-state index contributed by atoms with van der Waals surface area (Å²) in [6, 6.07) is 20.3. The third-order valence-corrected chi connectivity index (χ3v) is 8.58. The van der Waals surface area contributed by atoms with Gasteiger partial charge in [-0.15, -0.1) is 0 Å². The van der Waals surface area contributed by atoms with Crippen LogP contribution in [0.2, 0.25) is 0 Å². The lowest BCUT2D eigenvalue weighted by Gasteiger charge is -2.21. The van der Waals surface area contributed by atoms with Gasteiger partial charge >= 0.3 is 0 Å². The van der Waals surface area contributed by atoms with Gasteiger partial charge in [-0.2, -0.15) is 4.31 Å². The fourth-order valence-corrected chi connectivity index (χ4v) is 6.08. The minimum atomic E-state index is -3.77. The molecule has 2 N–H and O–H groups in total. The minimum Gasteiger partial charge on any atom is -0.496 e. The normalized spacial score (nSPS) is 15.2. The van der Waals surface area contributed by atoms with Crippen LogP contribution in [-0.2, 0) is 10.0 Å². The van der Waals surface area contributed by atoms with Gasteiger partial charge in [0.05, 0.1) is 34.9 Å². The largest absolute Gasteiger partial charge is 0.496 e. The zero-order valence-corrected chi connectivity index (χ0v) is 22.5. The van der Waals surface area contributed by atoms with Crippen LogP contribution in [-0.4, -0.2) is 44.7 Å². The van der Waals surface area contributed by atoms with E-state index in [1.165, 1.54) is 29.6 Å². The smallest absolute Gasteiger partial charge is 0.259 e. The molecule has 0 aliphatic carbocycles. The number of rotatable bonds is 8. The van der Waals surface area contributed by atoms with Crippen LogP contribution in [0, 0.1) is 0 Å². The second-order valence-corrected chi connectivity index (χ2v) is 11.2. The van der Waals surface area contributed by atoms with E-state index in [0.717, 1.165) is 31.2 Å². The second kappa shape index (κ2) is 12.2. The molecule has 1 atom stereocenters. The number of carbonyl (C=O) groups excluding carboxylic acids is 2. The molecule has 0 radical (unpaired) electrons. The van der Waals surface area contributed by atoms with Crippen LogP contribution in [0.5, 0.6) is 5.75 Å². The van der Waals surface area contributed by atoms with Crippen molar-refractivity contribution in [3.8, 4) is 5.75 Å². The van der Waals surface area contributed by atoms with E-state index >= 15 is 0 Å². The Labute approximate surface area is 224 Å². The minimum absolute atomic E-state index is 0.0352. The summed E-state index contributed by atoms with van der Waals surface area (Å²) in [7, 11) is -2.35. The molecule has 3 aromatic carbocycles. The summed E-state index contributed by atoms with van der Waals surface area (Å²) in [5.74, 6) is -0.690. The summed E-state index contributed by atoms with van der Waals surface area (Å²) in [6.07, 6.45) is 3.62. The lowest BCUT2D eigenvalue weighted by molar-refractivity contribution is 0.0940. The van der Waals surface area contributed by atoms with E-state index in [-0.39, 0.29) is 33.7 Å². The molecule has 1 saturated heterocycles. The van der Waals surface area contributed by atoms with Gasteiger partial charge in [0.1, 0.15) is 5.75 Å². The van der Waals surface area contributed by atoms with Crippen molar-refractivity contribution >= 4 is 27.5 Å². The Kier molecular flexibility index (Phi) is 8.81. The van der Waals surface area contributed by atoms with Gasteiger partial charge in [0.15, 0.2) is 0 Å². The molecule has 1 fully saturated rings. The van der Waals surface area contributed by atoms with Crippen molar-refractivity contribution < 1.29 is 22.7 Å². The summed E-state index contributed by atoms with van der Waals surface area (Å²) >= 11 is 0. The van der Waals surface area contributed by atoms with E-state index in [4.69, 9.17) is 4.74 Å². The van der Waals surface area contributed by atoms with Crippen molar-refractivity contribution in [1.82, 2.24) is 9.62 Å². The van der Waals surface area contributed by atoms with Crippen molar-refractivity contribution in [2.24, 2.45) is 0 Å². The highest BCUT2D eigenvalue weighted by Crippen LogP contribution is 2.28. The van der Waals surface area contributed by atoms with E-state index in [1.54, 1.807) is 24.3 Å². The zero-order chi connectivity index (χ0) is 27.1. The van der Waals surface area contributed by atoms with Crippen LogP contribution in [0.1, 0.15) is 64.9 Å². The molecule has 1 heterocycles. The lowest BCUT2D eigenvalue weighted by Crippen LogP contribution is -2.32. The Bertz CT molecular complexity index is 1380. The Balaban J connectivity index is 1.58. The van der Waals surface area contributed by atoms with Gasteiger partial charge < -0.3 is 15.4 Å². The summed E-state index contributed by atoms with van der Waals surface area (Å²) in [6.45, 7) is 2.80. The highest BCUT2D eigenvalue weighted by atomic mass is 32.2. The van der Waals surface area contributed by atoms with E-state index in [0.29, 0.717) is 18.8 Å². The van der Waals surface area contributed by atoms with Gasteiger partial charge in [0, 0.05) is 13.1 Å². The summed E-state index contributed by atoms with van der Waals surface area (Å²) in [5, 5.41) is 5.73. The van der Waals surface area contributed by atoms with Crippen LogP contribution in [0.15, 0.2) is 77.7 Å². The van der Waals surface area contributed by atoms with Crippen molar-refractivity contribution in [2.45, 2.75) is 43.5 Å². The highest BCUT2D eigenvalue weighted by Gasteiger charge is 2.27. The van der Waals surface area contributed by atoms with Gasteiger partial charge in [0.25, 0.3) is 11.8 Å². The van der Waals surface area contributed by atoms with E-state index in [2.05, 4.69) is 10.6 Å². The number of nitrogens with zero attached hydrogens (tertiary/aromatic N) is 1. The first-order valence-corrected chi connectivity index (χ1v) is 14.2. The van der Waals surface area contributed by atoms with Crippen molar-refractivity contribution in [1.29, 1.82) is 0 Å².